The first-order valence-electron chi connectivity index (χ1n) is 7.81. The summed E-state index contributed by atoms with van der Waals surface area (Å²) >= 11 is 1.65. The number of nitrogens with zero attached hydrogens (tertiary/aromatic N) is 1. The van der Waals surface area contributed by atoms with E-state index in [1.807, 2.05) is 12.3 Å². The molecule has 0 amide bonds. The molecule has 2 N–H and O–H groups in total. The van der Waals surface area contributed by atoms with Crippen LogP contribution in [0, 0.1) is 5.82 Å². The fraction of sp³-hybridized carbons (Fsp3) is 0.353. The number of aliphatic imine (C=N–C) groups is 1. The van der Waals surface area contributed by atoms with Crippen molar-refractivity contribution in [2.24, 2.45) is 4.99 Å². The van der Waals surface area contributed by atoms with E-state index >= 15 is 0 Å². The minimum atomic E-state index is -0.292. The first-order valence-corrected chi connectivity index (χ1v) is 8.75. The molecule has 8 heteroatoms. The Labute approximate surface area is 167 Å². The van der Waals surface area contributed by atoms with Gasteiger partial charge in [0.2, 0.25) is 0 Å². The Morgan fingerprint density at radius 1 is 1.36 bits per heavy atom. The third-order valence-corrected chi connectivity index (χ3v) is 4.27. The molecule has 0 saturated carbocycles. The molecule has 0 radical (unpaired) electrons. The maximum atomic E-state index is 13.8. The second-order valence-corrected chi connectivity index (χ2v) is 6.12. The van der Waals surface area contributed by atoms with Crippen molar-refractivity contribution in [2.75, 3.05) is 13.3 Å². The zero-order valence-electron chi connectivity index (χ0n) is 13.9. The Morgan fingerprint density at radius 3 is 3.00 bits per heavy atom. The van der Waals surface area contributed by atoms with Gasteiger partial charge in [-0.25, -0.2) is 9.38 Å². The van der Waals surface area contributed by atoms with E-state index in [9.17, 15) is 4.39 Å². The normalized spacial score (nSPS) is 13.4. The molecule has 0 unspecified atom stereocenters. The van der Waals surface area contributed by atoms with Gasteiger partial charge in [-0.2, -0.15) is 11.3 Å². The summed E-state index contributed by atoms with van der Waals surface area (Å²) in [6.07, 6.45) is 0. The van der Waals surface area contributed by atoms with E-state index in [0.29, 0.717) is 31.4 Å². The molecular weight excluding hydrogens is 456 g/mol. The molecule has 3 rings (SSSR count). The number of nitrogens with one attached hydrogen (secondary N) is 2. The Morgan fingerprint density at radius 2 is 2.24 bits per heavy atom. The van der Waals surface area contributed by atoms with Crippen LogP contribution in [0.15, 0.2) is 34.0 Å². The highest BCUT2D eigenvalue weighted by Gasteiger charge is 2.17. The highest BCUT2D eigenvalue weighted by Crippen LogP contribution is 2.29. The lowest BCUT2D eigenvalue weighted by Gasteiger charge is -2.21. The van der Waals surface area contributed by atoms with Crippen LogP contribution in [-0.4, -0.2) is 19.3 Å². The van der Waals surface area contributed by atoms with Gasteiger partial charge in [0.1, 0.15) is 11.6 Å². The van der Waals surface area contributed by atoms with Crippen molar-refractivity contribution in [3.05, 3.63) is 51.5 Å². The predicted octanol–water partition coefficient (Wildman–Crippen LogP) is 3.63. The molecule has 0 aliphatic carbocycles. The van der Waals surface area contributed by atoms with Gasteiger partial charge >= 0.3 is 0 Å². The first kappa shape index (κ1) is 19.9. The summed E-state index contributed by atoms with van der Waals surface area (Å²) in [5.74, 6) is 1.09. The number of rotatable bonds is 5. The molecule has 25 heavy (non-hydrogen) atoms. The van der Waals surface area contributed by atoms with Crippen molar-refractivity contribution in [1.29, 1.82) is 0 Å². The topological polar surface area (TPSA) is 54.9 Å². The average molecular weight is 477 g/mol. The highest BCUT2D eigenvalue weighted by atomic mass is 127. The Balaban J connectivity index is 0.00000225. The van der Waals surface area contributed by atoms with Crippen LogP contribution in [0.4, 0.5) is 4.39 Å². The number of hydrogen-bond donors (Lipinski definition) is 2. The number of halogens is 2. The minimum absolute atomic E-state index is 0. The van der Waals surface area contributed by atoms with E-state index in [2.05, 4.69) is 27.1 Å². The highest BCUT2D eigenvalue weighted by molar-refractivity contribution is 14.0. The molecule has 1 aromatic heterocycles. The van der Waals surface area contributed by atoms with E-state index < -0.39 is 0 Å². The van der Waals surface area contributed by atoms with Gasteiger partial charge in [-0.1, -0.05) is 0 Å². The predicted molar refractivity (Wildman–Crippen MR) is 108 cm³/mol. The van der Waals surface area contributed by atoms with E-state index in [0.717, 1.165) is 17.7 Å². The van der Waals surface area contributed by atoms with Crippen LogP contribution in [0.3, 0.4) is 0 Å². The fourth-order valence-corrected chi connectivity index (χ4v) is 3.12. The van der Waals surface area contributed by atoms with Crippen LogP contribution in [0.2, 0.25) is 0 Å². The molecule has 1 aliphatic rings. The summed E-state index contributed by atoms with van der Waals surface area (Å²) in [4.78, 5) is 4.55. The number of hydrogen-bond acceptors (Lipinski definition) is 4. The largest absolute Gasteiger partial charge is 0.467 e. The first-order chi connectivity index (χ1) is 11.8. The second-order valence-electron chi connectivity index (χ2n) is 5.34. The SMILES string of the molecule is CCNC(=NCc1ccsc1)NCc1cc(F)cc2c1OCOC2.I. The third-order valence-electron chi connectivity index (χ3n) is 3.54. The van der Waals surface area contributed by atoms with Crippen LogP contribution in [0.5, 0.6) is 5.75 Å². The maximum absolute atomic E-state index is 13.8. The molecule has 0 spiro atoms. The van der Waals surface area contributed by atoms with Gasteiger partial charge in [-0.05, 0) is 41.4 Å². The second kappa shape index (κ2) is 9.93. The van der Waals surface area contributed by atoms with Crippen molar-refractivity contribution < 1.29 is 13.9 Å². The molecule has 0 saturated heterocycles. The number of guanidine groups is 1. The van der Waals surface area contributed by atoms with Gasteiger partial charge in [0.05, 0.1) is 13.2 Å². The molecule has 0 fully saturated rings. The van der Waals surface area contributed by atoms with E-state index in [-0.39, 0.29) is 36.6 Å². The molecule has 2 aromatic rings. The lowest BCUT2D eigenvalue weighted by atomic mass is 10.1. The number of fused-ring (bicyclic) bond motifs is 1. The molecule has 1 aromatic carbocycles. The third kappa shape index (κ3) is 5.55. The fourth-order valence-electron chi connectivity index (χ4n) is 2.46. The van der Waals surface area contributed by atoms with Crippen LogP contribution in [0.1, 0.15) is 23.6 Å². The van der Waals surface area contributed by atoms with Crippen LogP contribution in [0.25, 0.3) is 0 Å². The lowest BCUT2D eigenvalue weighted by Crippen LogP contribution is -2.37. The molecule has 0 atom stereocenters. The van der Waals surface area contributed by atoms with E-state index in [1.165, 1.54) is 17.7 Å². The van der Waals surface area contributed by atoms with Crippen molar-refractivity contribution >= 4 is 41.3 Å². The standard InChI is InChI=1S/C17H20FN3O2S.HI/c1-2-19-17(20-7-12-3-4-24-10-12)21-8-13-5-15(18)6-14-9-22-11-23-16(13)14;/h3-6,10H,2,7-9,11H2,1H3,(H2,19,20,21);1H. The smallest absolute Gasteiger partial charge is 0.191 e. The lowest BCUT2D eigenvalue weighted by molar-refractivity contribution is -0.0172. The molecule has 2 heterocycles. The van der Waals surface area contributed by atoms with Gasteiger partial charge in [-0.15, -0.1) is 24.0 Å². The summed E-state index contributed by atoms with van der Waals surface area (Å²) in [7, 11) is 0. The van der Waals surface area contributed by atoms with Crippen molar-refractivity contribution in [3.8, 4) is 5.75 Å². The average Bonchev–Trinajstić information content (AvgIpc) is 3.10. The van der Waals surface area contributed by atoms with Gasteiger partial charge in [0.25, 0.3) is 0 Å². The zero-order chi connectivity index (χ0) is 16.8. The number of benzene rings is 1. The maximum Gasteiger partial charge on any atom is 0.191 e. The van der Waals surface area contributed by atoms with Crippen molar-refractivity contribution in [1.82, 2.24) is 10.6 Å². The molecule has 0 bridgehead atoms. The van der Waals surface area contributed by atoms with Crippen LogP contribution in [-0.2, 0) is 24.4 Å². The van der Waals surface area contributed by atoms with Gasteiger partial charge < -0.3 is 20.1 Å². The zero-order valence-corrected chi connectivity index (χ0v) is 17.0. The van der Waals surface area contributed by atoms with E-state index in [1.54, 1.807) is 11.3 Å². The molecule has 5 nitrogen and oxygen atoms in total. The van der Waals surface area contributed by atoms with E-state index in [4.69, 9.17) is 9.47 Å². The van der Waals surface area contributed by atoms with Gasteiger partial charge in [0, 0.05) is 24.2 Å². The minimum Gasteiger partial charge on any atom is -0.467 e. The van der Waals surface area contributed by atoms with Crippen LogP contribution >= 0.6 is 35.3 Å². The molecular formula is C17H21FIN3O2S. The number of thiophene rings is 1. The Hall–Kier alpha value is -1.39. The van der Waals surface area contributed by atoms with Crippen LogP contribution < -0.4 is 15.4 Å². The number of ether oxygens (including phenoxy) is 2. The summed E-state index contributed by atoms with van der Waals surface area (Å²) in [5, 5.41) is 10.5. The monoisotopic (exact) mass is 477 g/mol. The Bertz CT molecular complexity index is 710. The van der Waals surface area contributed by atoms with Crippen molar-refractivity contribution in [3.63, 3.8) is 0 Å². The Kier molecular flexibility index (Phi) is 7.91. The molecule has 1 aliphatic heterocycles. The quantitative estimate of drug-likeness (QED) is 0.393. The summed E-state index contributed by atoms with van der Waals surface area (Å²) < 4.78 is 24.5. The summed E-state index contributed by atoms with van der Waals surface area (Å²) in [5.41, 5.74) is 2.66. The van der Waals surface area contributed by atoms with Crippen molar-refractivity contribution in [2.45, 2.75) is 26.6 Å². The van der Waals surface area contributed by atoms with Gasteiger partial charge in [-0.3, -0.25) is 0 Å². The molecule has 136 valence electrons. The summed E-state index contributed by atoms with van der Waals surface area (Å²) in [6.45, 7) is 4.34. The summed E-state index contributed by atoms with van der Waals surface area (Å²) in [6, 6.07) is 4.99. The van der Waals surface area contributed by atoms with Gasteiger partial charge in [0.15, 0.2) is 12.8 Å².